The molecule has 0 rings (SSSR count). The summed E-state index contributed by atoms with van der Waals surface area (Å²) in [6.45, 7) is -0.250. The SMILES string of the molecule is N.O=C(O)CCCCCCC(=O)O.OCCO. The lowest BCUT2D eigenvalue weighted by atomic mass is 10.1. The third kappa shape index (κ3) is 31.3. The molecule has 7 nitrogen and oxygen atoms in total. The minimum atomic E-state index is -0.784. The summed E-state index contributed by atoms with van der Waals surface area (Å²) in [5.74, 6) is -1.57. The van der Waals surface area contributed by atoms with Gasteiger partial charge in [-0.15, -0.1) is 0 Å². The van der Waals surface area contributed by atoms with Gasteiger partial charge in [0.25, 0.3) is 0 Å². The highest BCUT2D eigenvalue weighted by Crippen LogP contribution is 2.04. The van der Waals surface area contributed by atoms with Crippen LogP contribution >= 0.6 is 0 Å². The predicted octanol–water partition coefficient (Wildman–Crippen LogP) is 0.629. The number of aliphatic carboxylic acids is 2. The maximum Gasteiger partial charge on any atom is 0.303 e. The Labute approximate surface area is 101 Å². The molecule has 0 aliphatic carbocycles. The Morgan fingerprint density at radius 1 is 0.706 bits per heavy atom. The van der Waals surface area contributed by atoms with E-state index in [2.05, 4.69) is 0 Å². The average molecular weight is 253 g/mol. The maximum absolute atomic E-state index is 10.0. The summed E-state index contributed by atoms with van der Waals surface area (Å²) in [4.78, 5) is 20.1. The number of rotatable bonds is 8. The van der Waals surface area contributed by atoms with Crippen LogP contribution in [0.4, 0.5) is 0 Å². The van der Waals surface area contributed by atoms with Crippen LogP contribution < -0.4 is 6.15 Å². The molecule has 0 amide bonds. The number of aliphatic hydroxyl groups is 2. The summed E-state index contributed by atoms with van der Waals surface area (Å²) in [6, 6.07) is 0. The molecular weight excluding hydrogens is 230 g/mol. The Morgan fingerprint density at radius 2 is 1.00 bits per heavy atom. The van der Waals surface area contributed by atoms with Gasteiger partial charge in [-0.25, -0.2) is 0 Å². The third-order valence-corrected chi connectivity index (χ3v) is 1.63. The summed E-state index contributed by atoms with van der Waals surface area (Å²) >= 11 is 0. The first kappa shape index (κ1) is 21.1. The van der Waals surface area contributed by atoms with Crippen LogP contribution in [0.3, 0.4) is 0 Å². The number of aliphatic hydroxyl groups excluding tert-OH is 2. The van der Waals surface area contributed by atoms with Gasteiger partial charge in [0.2, 0.25) is 0 Å². The lowest BCUT2D eigenvalue weighted by molar-refractivity contribution is -0.138. The van der Waals surface area contributed by atoms with Crippen LogP contribution in [0.1, 0.15) is 38.5 Å². The molecule has 0 saturated heterocycles. The highest BCUT2D eigenvalue weighted by Gasteiger charge is 1.98. The van der Waals surface area contributed by atoms with E-state index >= 15 is 0 Å². The van der Waals surface area contributed by atoms with Crippen LogP contribution in [0.15, 0.2) is 0 Å². The van der Waals surface area contributed by atoms with Gasteiger partial charge in [0.1, 0.15) is 0 Å². The molecule has 0 bridgehead atoms. The minimum Gasteiger partial charge on any atom is -0.481 e. The molecule has 0 heterocycles. The van der Waals surface area contributed by atoms with Crippen molar-refractivity contribution in [3.05, 3.63) is 0 Å². The van der Waals surface area contributed by atoms with Gasteiger partial charge in [-0.1, -0.05) is 12.8 Å². The monoisotopic (exact) mass is 253 g/mol. The zero-order chi connectivity index (χ0) is 12.8. The van der Waals surface area contributed by atoms with Gasteiger partial charge in [-0.05, 0) is 12.8 Å². The van der Waals surface area contributed by atoms with Crippen molar-refractivity contribution in [2.24, 2.45) is 0 Å². The summed E-state index contributed by atoms with van der Waals surface area (Å²) in [7, 11) is 0. The third-order valence-electron chi connectivity index (χ3n) is 1.63. The number of carboxylic acids is 2. The van der Waals surface area contributed by atoms with E-state index in [0.29, 0.717) is 12.8 Å². The lowest BCUT2D eigenvalue weighted by Gasteiger charge is -1.96. The number of hydrogen-bond acceptors (Lipinski definition) is 5. The van der Waals surface area contributed by atoms with Crippen molar-refractivity contribution in [2.45, 2.75) is 38.5 Å². The van der Waals surface area contributed by atoms with Crippen LogP contribution in [0, 0.1) is 0 Å². The first-order chi connectivity index (χ1) is 7.54. The number of unbranched alkanes of at least 4 members (excludes halogenated alkanes) is 3. The molecule has 0 atom stereocenters. The summed E-state index contributed by atoms with van der Waals surface area (Å²) in [6.07, 6.45) is 3.28. The van der Waals surface area contributed by atoms with E-state index in [1.807, 2.05) is 0 Å². The van der Waals surface area contributed by atoms with Crippen molar-refractivity contribution < 1.29 is 30.0 Å². The summed E-state index contributed by atoms with van der Waals surface area (Å²) in [5.41, 5.74) is 0. The molecule has 0 radical (unpaired) electrons. The van der Waals surface area contributed by atoms with Crippen molar-refractivity contribution >= 4 is 11.9 Å². The van der Waals surface area contributed by atoms with Gasteiger partial charge >= 0.3 is 11.9 Å². The molecule has 0 aromatic carbocycles. The molecule has 0 aliphatic heterocycles. The molecule has 7 N–H and O–H groups in total. The van der Waals surface area contributed by atoms with Gasteiger partial charge in [-0.3, -0.25) is 9.59 Å². The van der Waals surface area contributed by atoms with Crippen molar-refractivity contribution in [3.8, 4) is 0 Å². The topological polar surface area (TPSA) is 150 Å². The van der Waals surface area contributed by atoms with Crippen molar-refractivity contribution in [1.82, 2.24) is 6.15 Å². The van der Waals surface area contributed by atoms with E-state index < -0.39 is 11.9 Å². The van der Waals surface area contributed by atoms with E-state index in [1.165, 1.54) is 0 Å². The Kier molecular flexibility index (Phi) is 21.4. The molecule has 0 unspecified atom stereocenters. The Morgan fingerprint density at radius 3 is 1.18 bits per heavy atom. The first-order valence-corrected chi connectivity index (χ1v) is 5.20. The molecule has 0 saturated carbocycles. The molecule has 17 heavy (non-hydrogen) atoms. The molecular formula is C10H23NO6. The van der Waals surface area contributed by atoms with Crippen LogP contribution in [-0.4, -0.2) is 45.6 Å². The highest BCUT2D eigenvalue weighted by atomic mass is 16.4. The Hall–Kier alpha value is -1.18. The molecule has 104 valence electrons. The second kappa shape index (κ2) is 17.2. The molecule has 0 aromatic rings. The summed E-state index contributed by atoms with van der Waals surface area (Å²) in [5, 5.41) is 31.8. The van der Waals surface area contributed by atoms with Gasteiger partial charge in [0, 0.05) is 12.8 Å². The molecule has 0 aliphatic rings. The van der Waals surface area contributed by atoms with E-state index in [9.17, 15) is 9.59 Å². The van der Waals surface area contributed by atoms with Crippen molar-refractivity contribution in [2.75, 3.05) is 13.2 Å². The quantitative estimate of drug-likeness (QED) is 0.398. The van der Waals surface area contributed by atoms with Gasteiger partial charge in [0.05, 0.1) is 13.2 Å². The van der Waals surface area contributed by atoms with E-state index in [-0.39, 0.29) is 32.2 Å². The fourth-order valence-corrected chi connectivity index (χ4v) is 0.906. The van der Waals surface area contributed by atoms with Crippen molar-refractivity contribution in [1.29, 1.82) is 0 Å². The Balaban J connectivity index is -0.000000340. The normalized spacial score (nSPS) is 8.59. The lowest BCUT2D eigenvalue weighted by Crippen LogP contribution is -1.95. The van der Waals surface area contributed by atoms with Gasteiger partial charge in [-0.2, -0.15) is 0 Å². The molecule has 0 aromatic heterocycles. The maximum atomic E-state index is 10.0. The highest BCUT2D eigenvalue weighted by molar-refractivity contribution is 5.66. The number of carbonyl (C=O) groups is 2. The zero-order valence-corrected chi connectivity index (χ0v) is 9.97. The van der Waals surface area contributed by atoms with Crippen LogP contribution in [0.2, 0.25) is 0 Å². The molecule has 0 spiro atoms. The number of carboxylic acid groups (broad SMARTS) is 2. The largest absolute Gasteiger partial charge is 0.481 e. The minimum absolute atomic E-state index is 0. The Bertz CT molecular complexity index is 166. The summed E-state index contributed by atoms with van der Waals surface area (Å²) < 4.78 is 0. The second-order valence-electron chi connectivity index (χ2n) is 3.15. The van der Waals surface area contributed by atoms with Gasteiger partial charge < -0.3 is 26.6 Å². The van der Waals surface area contributed by atoms with E-state index in [0.717, 1.165) is 12.8 Å². The standard InChI is InChI=1S/C8H14O4.C2H6O2.H3N/c9-7(10)5-3-1-2-4-6-8(11)12;3-1-2-4;/h1-6H2,(H,9,10)(H,11,12);3-4H,1-2H2;1H3. The van der Waals surface area contributed by atoms with E-state index in [1.54, 1.807) is 0 Å². The van der Waals surface area contributed by atoms with Crippen LogP contribution in [-0.2, 0) is 9.59 Å². The number of hydrogen-bond donors (Lipinski definition) is 5. The predicted molar refractivity (Wildman–Crippen MR) is 62.2 cm³/mol. The van der Waals surface area contributed by atoms with Gasteiger partial charge in [0.15, 0.2) is 0 Å². The molecule has 7 heteroatoms. The molecule has 0 fully saturated rings. The zero-order valence-electron chi connectivity index (χ0n) is 9.97. The first-order valence-electron chi connectivity index (χ1n) is 5.20. The second-order valence-corrected chi connectivity index (χ2v) is 3.15. The average Bonchev–Trinajstić information content (AvgIpc) is 2.23. The smallest absolute Gasteiger partial charge is 0.303 e. The van der Waals surface area contributed by atoms with E-state index in [4.69, 9.17) is 20.4 Å². The van der Waals surface area contributed by atoms with Crippen molar-refractivity contribution in [3.63, 3.8) is 0 Å². The van der Waals surface area contributed by atoms with Crippen LogP contribution in [0.25, 0.3) is 0 Å². The van der Waals surface area contributed by atoms with Crippen LogP contribution in [0.5, 0.6) is 0 Å². The fraction of sp³-hybridized carbons (Fsp3) is 0.800. The fourth-order valence-electron chi connectivity index (χ4n) is 0.906.